The Balaban J connectivity index is 1.56. The molecule has 1 N–H and O–H groups in total. The number of methoxy groups -OCH3 is 2. The molecule has 0 radical (unpaired) electrons. The normalized spacial score (nSPS) is 21.0. The molecule has 33 heavy (non-hydrogen) atoms. The number of hydrogen-bond donors (Lipinski definition) is 1. The number of likely N-dealkylation sites (tertiary alicyclic amines) is 1. The summed E-state index contributed by atoms with van der Waals surface area (Å²) in [5.74, 6) is -0.569. The van der Waals surface area contributed by atoms with Gasteiger partial charge in [-0.3, -0.25) is 9.59 Å². The SMILES string of the molecule is COc1ccc(OC)c(S(=O)(=O)NC(=O)C2(C)CCN2C(=O)C2(c3ccc(Cl)cc3)CC2)c1. The summed E-state index contributed by atoms with van der Waals surface area (Å²) in [6.45, 7) is 1.96. The molecule has 1 aliphatic heterocycles. The minimum atomic E-state index is -4.28. The summed E-state index contributed by atoms with van der Waals surface area (Å²) in [6.07, 6.45) is 1.69. The van der Waals surface area contributed by atoms with Crippen molar-refractivity contribution in [2.75, 3.05) is 20.8 Å². The van der Waals surface area contributed by atoms with Crippen molar-refractivity contribution in [1.82, 2.24) is 9.62 Å². The maximum absolute atomic E-state index is 13.5. The highest BCUT2D eigenvalue weighted by Gasteiger charge is 2.60. The number of hydrogen-bond acceptors (Lipinski definition) is 6. The summed E-state index contributed by atoms with van der Waals surface area (Å²) in [7, 11) is -1.54. The molecule has 2 amide bonds. The van der Waals surface area contributed by atoms with Crippen LogP contribution in [0, 0.1) is 0 Å². The zero-order valence-electron chi connectivity index (χ0n) is 18.6. The van der Waals surface area contributed by atoms with Crippen LogP contribution in [0.4, 0.5) is 0 Å². The molecule has 2 aromatic rings. The van der Waals surface area contributed by atoms with Gasteiger partial charge in [0.15, 0.2) is 0 Å². The van der Waals surface area contributed by atoms with Crippen LogP contribution < -0.4 is 14.2 Å². The van der Waals surface area contributed by atoms with E-state index >= 15 is 0 Å². The van der Waals surface area contributed by atoms with Crippen molar-refractivity contribution in [2.45, 2.75) is 42.0 Å². The minimum Gasteiger partial charge on any atom is -0.497 e. The topological polar surface area (TPSA) is 102 Å². The van der Waals surface area contributed by atoms with Crippen molar-refractivity contribution in [3.05, 3.63) is 53.1 Å². The highest BCUT2D eigenvalue weighted by Crippen LogP contribution is 2.52. The van der Waals surface area contributed by atoms with Crippen LogP contribution in [0.5, 0.6) is 11.5 Å². The molecule has 8 nitrogen and oxygen atoms in total. The lowest BCUT2D eigenvalue weighted by molar-refractivity contribution is -0.158. The Morgan fingerprint density at radius 2 is 1.70 bits per heavy atom. The zero-order chi connectivity index (χ0) is 24.0. The van der Waals surface area contributed by atoms with E-state index in [-0.39, 0.29) is 16.6 Å². The third kappa shape index (κ3) is 3.93. The molecule has 2 fully saturated rings. The van der Waals surface area contributed by atoms with E-state index in [0.717, 1.165) is 5.56 Å². The van der Waals surface area contributed by atoms with Crippen molar-refractivity contribution >= 4 is 33.4 Å². The van der Waals surface area contributed by atoms with Gasteiger partial charge in [0.05, 0.1) is 19.6 Å². The Bertz CT molecular complexity index is 1210. The highest BCUT2D eigenvalue weighted by atomic mass is 35.5. The van der Waals surface area contributed by atoms with Gasteiger partial charge >= 0.3 is 0 Å². The summed E-state index contributed by atoms with van der Waals surface area (Å²) in [6, 6.07) is 11.4. The fourth-order valence-corrected chi connectivity index (χ4v) is 5.57. The van der Waals surface area contributed by atoms with Gasteiger partial charge in [0.25, 0.3) is 15.9 Å². The molecule has 1 saturated carbocycles. The van der Waals surface area contributed by atoms with E-state index in [4.69, 9.17) is 21.1 Å². The quantitative estimate of drug-likeness (QED) is 0.637. The van der Waals surface area contributed by atoms with Crippen molar-refractivity contribution in [3.63, 3.8) is 0 Å². The Kier molecular flexibility index (Phi) is 5.82. The van der Waals surface area contributed by atoms with Crippen molar-refractivity contribution in [1.29, 1.82) is 0 Å². The molecular formula is C23H25ClN2O6S. The fourth-order valence-electron chi connectivity index (χ4n) is 4.18. The number of benzene rings is 2. The Labute approximate surface area is 197 Å². The van der Waals surface area contributed by atoms with Gasteiger partial charge in [-0.25, -0.2) is 13.1 Å². The fraction of sp³-hybridized carbons (Fsp3) is 0.391. The molecule has 2 aromatic carbocycles. The standard InChI is InChI=1S/C23H25ClN2O6S/c1-22(20(27)25-33(29,30)19-14-17(31-2)8-9-18(19)32-3)12-13-26(22)21(28)23(10-11-23)15-4-6-16(24)7-5-15/h4-9,14H,10-13H2,1-3H3,(H,25,27). The van der Waals surface area contributed by atoms with Gasteiger partial charge in [0.2, 0.25) is 5.91 Å². The van der Waals surface area contributed by atoms with E-state index in [9.17, 15) is 18.0 Å². The first kappa shape index (κ1) is 23.4. The molecular weight excluding hydrogens is 468 g/mol. The second-order valence-electron chi connectivity index (χ2n) is 8.52. The maximum Gasteiger partial charge on any atom is 0.267 e. The monoisotopic (exact) mass is 492 g/mol. The second kappa shape index (κ2) is 8.22. The third-order valence-electron chi connectivity index (χ3n) is 6.60. The van der Waals surface area contributed by atoms with Crippen LogP contribution in [0.3, 0.4) is 0 Å². The van der Waals surface area contributed by atoms with E-state index in [2.05, 4.69) is 4.72 Å². The molecule has 0 aromatic heterocycles. The number of halogens is 1. The molecule has 1 aliphatic carbocycles. The number of carbonyl (C=O) groups excluding carboxylic acids is 2. The summed E-state index contributed by atoms with van der Waals surface area (Å²) < 4.78 is 38.4. The third-order valence-corrected chi connectivity index (χ3v) is 8.20. The number of carbonyl (C=O) groups is 2. The van der Waals surface area contributed by atoms with Crippen LogP contribution in [0.15, 0.2) is 47.4 Å². The van der Waals surface area contributed by atoms with Gasteiger partial charge in [0.1, 0.15) is 21.9 Å². The number of nitrogens with one attached hydrogen (secondary N) is 1. The number of amides is 2. The van der Waals surface area contributed by atoms with Gasteiger partial charge in [-0.2, -0.15) is 0 Å². The molecule has 0 spiro atoms. The smallest absolute Gasteiger partial charge is 0.267 e. The number of ether oxygens (including phenoxy) is 2. The Hall–Kier alpha value is -2.78. The lowest BCUT2D eigenvalue weighted by atomic mass is 9.82. The lowest BCUT2D eigenvalue weighted by Gasteiger charge is -2.50. The Morgan fingerprint density at radius 3 is 2.21 bits per heavy atom. The first-order valence-corrected chi connectivity index (χ1v) is 12.3. The van der Waals surface area contributed by atoms with E-state index in [1.165, 1.54) is 31.3 Å². The van der Waals surface area contributed by atoms with Crippen molar-refractivity contribution in [3.8, 4) is 11.5 Å². The molecule has 4 rings (SSSR count). The minimum absolute atomic E-state index is 0.0717. The van der Waals surface area contributed by atoms with Gasteiger partial charge in [0, 0.05) is 17.6 Å². The summed E-state index contributed by atoms with van der Waals surface area (Å²) >= 11 is 5.98. The predicted molar refractivity (Wildman–Crippen MR) is 122 cm³/mol. The first-order valence-electron chi connectivity index (χ1n) is 10.4. The van der Waals surface area contributed by atoms with E-state index < -0.39 is 26.9 Å². The number of sulfonamides is 1. The van der Waals surface area contributed by atoms with Crippen LogP contribution in [-0.2, 0) is 25.0 Å². The molecule has 1 saturated heterocycles. The van der Waals surface area contributed by atoms with Crippen molar-refractivity contribution < 1.29 is 27.5 Å². The predicted octanol–water partition coefficient (Wildman–Crippen LogP) is 2.88. The highest BCUT2D eigenvalue weighted by molar-refractivity contribution is 7.90. The van der Waals surface area contributed by atoms with Crippen molar-refractivity contribution in [2.24, 2.45) is 0 Å². The van der Waals surface area contributed by atoms with Gasteiger partial charge in [-0.15, -0.1) is 0 Å². The van der Waals surface area contributed by atoms with E-state index in [0.29, 0.717) is 36.6 Å². The summed E-state index contributed by atoms with van der Waals surface area (Å²) in [5.41, 5.74) is -1.13. The molecule has 2 aliphatic rings. The number of nitrogens with zero attached hydrogens (tertiary/aromatic N) is 1. The maximum atomic E-state index is 13.5. The van der Waals surface area contributed by atoms with Gasteiger partial charge in [-0.05, 0) is 56.0 Å². The van der Waals surface area contributed by atoms with Crippen LogP contribution in [0.2, 0.25) is 5.02 Å². The van der Waals surface area contributed by atoms with Gasteiger partial charge < -0.3 is 14.4 Å². The molecule has 1 unspecified atom stereocenters. The van der Waals surface area contributed by atoms with Gasteiger partial charge in [-0.1, -0.05) is 23.7 Å². The molecule has 176 valence electrons. The van der Waals surface area contributed by atoms with E-state index in [1.54, 1.807) is 25.1 Å². The molecule has 1 heterocycles. The average molecular weight is 493 g/mol. The summed E-state index contributed by atoms with van der Waals surface area (Å²) in [5, 5.41) is 0.577. The number of rotatable bonds is 7. The largest absolute Gasteiger partial charge is 0.497 e. The second-order valence-corrected chi connectivity index (χ2v) is 10.6. The Morgan fingerprint density at radius 1 is 1.03 bits per heavy atom. The molecule has 10 heteroatoms. The summed E-state index contributed by atoms with van der Waals surface area (Å²) in [4.78, 5) is 27.9. The average Bonchev–Trinajstić information content (AvgIpc) is 3.59. The van der Waals surface area contributed by atoms with Crippen LogP contribution in [0.1, 0.15) is 31.7 Å². The molecule has 1 atom stereocenters. The zero-order valence-corrected chi connectivity index (χ0v) is 20.1. The molecule has 0 bridgehead atoms. The first-order chi connectivity index (χ1) is 15.6. The lowest BCUT2D eigenvalue weighted by Crippen LogP contribution is -2.69. The van der Waals surface area contributed by atoms with Crippen LogP contribution in [-0.4, -0.2) is 51.4 Å². The van der Waals surface area contributed by atoms with Crippen LogP contribution in [0.25, 0.3) is 0 Å². The van der Waals surface area contributed by atoms with E-state index in [1.807, 2.05) is 12.1 Å². The van der Waals surface area contributed by atoms with Crippen LogP contribution >= 0.6 is 11.6 Å².